The molecule has 0 unspecified atom stereocenters. The van der Waals surface area contributed by atoms with E-state index in [0.717, 1.165) is 53.0 Å². The van der Waals surface area contributed by atoms with Crippen molar-refractivity contribution in [3.63, 3.8) is 0 Å². The lowest BCUT2D eigenvalue weighted by atomic mass is 10.1. The first-order valence-electron chi connectivity index (χ1n) is 11.4. The van der Waals surface area contributed by atoms with Crippen LogP contribution in [0, 0.1) is 20.9 Å². The number of aromatic hydroxyl groups is 2. The number of fused-ring (bicyclic) bond motifs is 1. The molecule has 0 aromatic carbocycles. The van der Waals surface area contributed by atoms with Gasteiger partial charge < -0.3 is 10.2 Å². The summed E-state index contributed by atoms with van der Waals surface area (Å²) >= 11 is 0. The molecule has 5 nitrogen and oxygen atoms in total. The number of hydrogen-bond acceptors (Lipinski definition) is 5. The Labute approximate surface area is 205 Å². The summed E-state index contributed by atoms with van der Waals surface area (Å²) in [4.78, 5) is 4.63. The molecule has 0 saturated heterocycles. The largest absolute Gasteiger partial charge is 0.507 e. The first-order chi connectivity index (χ1) is 17.5. The lowest BCUT2D eigenvalue weighted by Gasteiger charge is -1.90. The van der Waals surface area contributed by atoms with Crippen LogP contribution in [0.3, 0.4) is 0 Å². The molecule has 0 bridgehead atoms. The summed E-state index contributed by atoms with van der Waals surface area (Å²) in [5, 5.41) is 35.9. The Balaban J connectivity index is 1.56. The number of rotatable bonds is 2. The standard InChI is InChI=1S/C31H21N3O2/c1-18-13-28(35)24-9-5-3-7-20(30(18)24)15-22-11-12-23-26(33-34-27(23)17-32-22)16-21-8-4-6-10-25-29(36)14-19(2)31(21)25/h3-17,35-36H,1-2H2/b20-15+,21-16+. The van der Waals surface area contributed by atoms with Gasteiger partial charge in [0.25, 0.3) is 0 Å². The van der Waals surface area contributed by atoms with Crippen molar-refractivity contribution in [1.29, 1.82) is 0 Å². The van der Waals surface area contributed by atoms with Crippen LogP contribution in [0.5, 0.6) is 11.5 Å². The molecule has 0 aromatic heterocycles. The summed E-state index contributed by atoms with van der Waals surface area (Å²) in [6.07, 6.45) is 5.63. The summed E-state index contributed by atoms with van der Waals surface area (Å²) in [5.74, 6) is 0.427. The van der Waals surface area contributed by atoms with E-state index in [2.05, 4.69) is 28.3 Å². The monoisotopic (exact) mass is 467 g/mol. The quantitative estimate of drug-likeness (QED) is 0.409. The van der Waals surface area contributed by atoms with Crippen molar-refractivity contribution in [2.75, 3.05) is 0 Å². The van der Waals surface area contributed by atoms with Gasteiger partial charge in [-0.2, -0.15) is 0 Å². The summed E-state index contributed by atoms with van der Waals surface area (Å²) in [5.41, 5.74) is 2.97. The van der Waals surface area contributed by atoms with Crippen LogP contribution in [0.4, 0.5) is 0 Å². The summed E-state index contributed by atoms with van der Waals surface area (Å²) in [6.45, 7) is 8.19. The molecule has 172 valence electrons. The fourth-order valence-electron chi connectivity index (χ4n) is 4.74. The third kappa shape index (κ3) is 3.54. The molecule has 0 radical (unpaired) electrons. The predicted octanol–water partition coefficient (Wildman–Crippen LogP) is 2.32. The average Bonchev–Trinajstić information content (AvgIpc) is 3.22. The Kier molecular flexibility index (Phi) is 4.97. The second kappa shape index (κ2) is 8.32. The molecule has 2 heterocycles. The molecule has 2 N–H and O–H groups in total. The Morgan fingerprint density at radius 1 is 0.667 bits per heavy atom. The zero-order valence-electron chi connectivity index (χ0n) is 19.3. The van der Waals surface area contributed by atoms with Crippen LogP contribution in [-0.4, -0.2) is 25.4 Å². The van der Waals surface area contributed by atoms with Crippen molar-refractivity contribution >= 4 is 25.3 Å². The molecule has 5 heteroatoms. The van der Waals surface area contributed by atoms with Gasteiger partial charge in [-0.15, -0.1) is 10.2 Å². The van der Waals surface area contributed by atoms with E-state index in [1.807, 2.05) is 72.8 Å². The predicted molar refractivity (Wildman–Crippen MR) is 140 cm³/mol. The highest BCUT2D eigenvalue weighted by Crippen LogP contribution is 2.22. The highest BCUT2D eigenvalue weighted by molar-refractivity contribution is 5.71. The Bertz CT molecular complexity index is 2120. The van der Waals surface area contributed by atoms with Gasteiger partial charge >= 0.3 is 0 Å². The minimum atomic E-state index is 0.210. The molecule has 0 fully saturated rings. The number of aromatic nitrogens is 3. The van der Waals surface area contributed by atoms with E-state index >= 15 is 0 Å². The topological polar surface area (TPSA) is 79.1 Å². The maximum atomic E-state index is 10.3. The zero-order valence-corrected chi connectivity index (χ0v) is 19.3. The van der Waals surface area contributed by atoms with E-state index in [1.54, 1.807) is 18.3 Å². The second-order valence-electron chi connectivity index (χ2n) is 8.72. The van der Waals surface area contributed by atoms with Crippen molar-refractivity contribution in [1.82, 2.24) is 15.2 Å². The van der Waals surface area contributed by atoms with Gasteiger partial charge in [0, 0.05) is 16.0 Å². The Morgan fingerprint density at radius 3 is 1.89 bits per heavy atom. The van der Waals surface area contributed by atoms with Crippen molar-refractivity contribution < 1.29 is 10.2 Å². The molecule has 0 atom stereocenters. The van der Waals surface area contributed by atoms with Gasteiger partial charge in [0.1, 0.15) is 17.2 Å². The molecule has 0 amide bonds. The van der Waals surface area contributed by atoms with Gasteiger partial charge in [-0.25, -0.2) is 0 Å². The molecule has 0 saturated carbocycles. The van der Waals surface area contributed by atoms with Crippen molar-refractivity contribution in [2.45, 2.75) is 0 Å². The third-order valence-electron chi connectivity index (χ3n) is 6.40. The van der Waals surface area contributed by atoms with E-state index < -0.39 is 0 Å². The van der Waals surface area contributed by atoms with Crippen LogP contribution >= 0.6 is 0 Å². The molecule has 4 aliphatic carbocycles. The van der Waals surface area contributed by atoms with Crippen LogP contribution in [0.25, 0.3) is 36.6 Å². The molecule has 0 aromatic rings. The minimum absolute atomic E-state index is 0.210. The maximum Gasteiger partial charge on any atom is 0.124 e. The Hall–Kier alpha value is -5.03. The molecular formula is C31H21N3O2. The second-order valence-corrected chi connectivity index (χ2v) is 8.72. The first kappa shape index (κ1) is 21.5. The highest BCUT2D eigenvalue weighted by Gasteiger charge is 2.11. The van der Waals surface area contributed by atoms with Gasteiger partial charge in [0.15, 0.2) is 0 Å². The molecule has 2 aliphatic heterocycles. The smallest absolute Gasteiger partial charge is 0.124 e. The summed E-state index contributed by atoms with van der Waals surface area (Å²) < 4.78 is 0. The highest BCUT2D eigenvalue weighted by atomic mass is 16.3. The summed E-state index contributed by atoms with van der Waals surface area (Å²) in [6, 6.07) is 22.6. The number of nitrogens with zero attached hydrogens (tertiary/aromatic N) is 3. The van der Waals surface area contributed by atoms with Gasteiger partial charge in [-0.1, -0.05) is 61.7 Å². The zero-order chi connectivity index (χ0) is 24.8. The van der Waals surface area contributed by atoms with Crippen LogP contribution in [0.1, 0.15) is 11.4 Å². The Morgan fingerprint density at radius 2 is 1.25 bits per heavy atom. The fraction of sp³-hybridized carbons (Fsp3) is 0. The first-order valence-corrected chi connectivity index (χ1v) is 11.4. The van der Waals surface area contributed by atoms with Gasteiger partial charge in [0.05, 0.1) is 17.6 Å². The third-order valence-corrected chi connectivity index (χ3v) is 6.40. The van der Waals surface area contributed by atoms with Crippen LogP contribution < -0.4 is 20.9 Å². The molecule has 6 rings (SSSR count). The van der Waals surface area contributed by atoms with E-state index in [0.29, 0.717) is 11.4 Å². The van der Waals surface area contributed by atoms with Crippen molar-refractivity contribution in [3.8, 4) is 22.8 Å². The minimum Gasteiger partial charge on any atom is -0.507 e. The number of hydrogen-bond donors (Lipinski definition) is 2. The lowest BCUT2D eigenvalue weighted by molar-refractivity contribution is 0.473. The SMILES string of the molecule is C=c1cc(O)c2cccc/c(=C\c3ccc4c(/C=c5\ccccc6c(O)cc(=C)c5=6)nnc-4cn3)c1=2. The fourth-order valence-corrected chi connectivity index (χ4v) is 4.74. The molecule has 36 heavy (non-hydrogen) atoms. The summed E-state index contributed by atoms with van der Waals surface area (Å²) in [7, 11) is 0. The van der Waals surface area contributed by atoms with E-state index in [4.69, 9.17) is 0 Å². The molecule has 6 aliphatic rings. The van der Waals surface area contributed by atoms with Crippen LogP contribution in [-0.2, 0) is 0 Å². The van der Waals surface area contributed by atoms with Gasteiger partial charge in [0.2, 0.25) is 0 Å². The van der Waals surface area contributed by atoms with E-state index in [9.17, 15) is 10.2 Å². The molecule has 0 spiro atoms. The normalized spacial score (nSPS) is 12.7. The average molecular weight is 468 g/mol. The lowest BCUT2D eigenvalue weighted by Crippen LogP contribution is -2.10. The van der Waals surface area contributed by atoms with E-state index in [-0.39, 0.29) is 11.5 Å². The van der Waals surface area contributed by atoms with Crippen LogP contribution in [0.15, 0.2) is 79.0 Å². The maximum absolute atomic E-state index is 10.3. The van der Waals surface area contributed by atoms with Crippen LogP contribution in [0.2, 0.25) is 0 Å². The molecular weight excluding hydrogens is 446 g/mol. The van der Waals surface area contributed by atoms with Gasteiger partial charge in [-0.05, 0) is 67.7 Å². The van der Waals surface area contributed by atoms with E-state index in [1.165, 1.54) is 0 Å². The van der Waals surface area contributed by atoms with Gasteiger partial charge in [-0.3, -0.25) is 4.98 Å². The van der Waals surface area contributed by atoms with Crippen molar-refractivity contribution in [2.24, 2.45) is 0 Å². The van der Waals surface area contributed by atoms with Crippen molar-refractivity contribution in [3.05, 3.63) is 132 Å².